The topological polar surface area (TPSA) is 132 Å². The number of benzene rings is 1. The number of hydrogen-bond donors (Lipinski definition) is 2. The first kappa shape index (κ1) is 27.5. The molecule has 1 aliphatic heterocycles. The molecule has 0 unspecified atom stereocenters. The Kier molecular flexibility index (Phi) is 9.32. The monoisotopic (exact) mass is 521 g/mol. The highest BCUT2D eigenvalue weighted by Crippen LogP contribution is 2.32. The first-order valence-corrected chi connectivity index (χ1v) is 13.8. The van der Waals surface area contributed by atoms with Gasteiger partial charge in [-0.05, 0) is 37.0 Å². The lowest BCUT2D eigenvalue weighted by Gasteiger charge is -2.24. The Labute approximate surface area is 212 Å². The van der Waals surface area contributed by atoms with Gasteiger partial charge in [0, 0.05) is 37.6 Å². The van der Waals surface area contributed by atoms with Gasteiger partial charge in [-0.2, -0.15) is 4.31 Å². The molecule has 11 nitrogen and oxygen atoms in total. The van der Waals surface area contributed by atoms with Gasteiger partial charge in [0.05, 0.1) is 26.5 Å². The van der Waals surface area contributed by atoms with Gasteiger partial charge in [-0.25, -0.2) is 13.4 Å². The van der Waals surface area contributed by atoms with Crippen molar-refractivity contribution in [2.75, 3.05) is 39.6 Å². The lowest BCUT2D eigenvalue weighted by atomic mass is 10.0. The first-order valence-electron chi connectivity index (χ1n) is 11.9. The van der Waals surface area contributed by atoms with Gasteiger partial charge >= 0.3 is 0 Å². The van der Waals surface area contributed by atoms with Crippen LogP contribution in [0.5, 0.6) is 11.5 Å². The normalized spacial score (nSPS) is 19.2. The standard InChI is InChI=1S/C24H35N5O6S/c1-17(2)22-24(31)26-9-5-11-28-13-10-25-23(28)18-7-8-19(34-3)20(15-18)35-14-6-12-29(36(4,32)33)16-21(30)27-22/h7-8,10,13,15,17,22H,5-6,9,11-12,14,16H2,1-4H3,(H,26,31)(H,27,30)/t22-/m1/s1. The highest BCUT2D eigenvalue weighted by atomic mass is 32.2. The molecular formula is C24H35N5O6S. The molecule has 198 valence electrons. The molecule has 1 aromatic heterocycles. The Morgan fingerprint density at radius 1 is 1.19 bits per heavy atom. The molecule has 2 aromatic rings. The van der Waals surface area contributed by atoms with E-state index in [0.717, 1.165) is 21.9 Å². The summed E-state index contributed by atoms with van der Waals surface area (Å²) in [7, 11) is -2.11. The largest absolute Gasteiger partial charge is 0.493 e. The Hall–Kier alpha value is -3.12. The Morgan fingerprint density at radius 3 is 2.67 bits per heavy atom. The number of fused-ring (bicyclic) bond motifs is 4. The van der Waals surface area contributed by atoms with Gasteiger partial charge in [0.2, 0.25) is 21.8 Å². The fourth-order valence-electron chi connectivity index (χ4n) is 3.95. The number of amides is 2. The van der Waals surface area contributed by atoms with Crippen LogP contribution in [0.2, 0.25) is 0 Å². The quantitative estimate of drug-likeness (QED) is 0.621. The molecule has 0 fully saturated rings. The van der Waals surface area contributed by atoms with Crippen molar-refractivity contribution in [3.63, 3.8) is 0 Å². The van der Waals surface area contributed by atoms with E-state index in [2.05, 4.69) is 15.6 Å². The van der Waals surface area contributed by atoms with E-state index in [4.69, 9.17) is 9.47 Å². The van der Waals surface area contributed by atoms with Crippen LogP contribution >= 0.6 is 0 Å². The number of sulfonamides is 1. The van der Waals surface area contributed by atoms with Crippen LogP contribution in [0.1, 0.15) is 26.7 Å². The number of carbonyl (C=O) groups is 2. The van der Waals surface area contributed by atoms with E-state index in [-0.39, 0.29) is 31.5 Å². The second-order valence-electron chi connectivity index (χ2n) is 9.04. The summed E-state index contributed by atoms with van der Waals surface area (Å²) >= 11 is 0. The fourth-order valence-corrected chi connectivity index (χ4v) is 4.76. The highest BCUT2D eigenvalue weighted by molar-refractivity contribution is 7.88. The SMILES string of the molecule is COc1ccc2cc1OCCCN(S(C)(=O)=O)CC(=O)N[C@H](C(C)C)C(=O)NCCCn1ccnc1-2. The maximum absolute atomic E-state index is 12.8. The highest BCUT2D eigenvalue weighted by Gasteiger charge is 2.27. The molecule has 1 aromatic carbocycles. The zero-order valence-corrected chi connectivity index (χ0v) is 22.0. The minimum absolute atomic E-state index is 0.0806. The number of ether oxygens (including phenoxy) is 2. The van der Waals surface area contributed by atoms with Crippen LogP contribution in [0, 0.1) is 5.92 Å². The summed E-state index contributed by atoms with van der Waals surface area (Å²) < 4.78 is 39.0. The Bertz CT molecular complexity index is 1160. The molecule has 2 heterocycles. The van der Waals surface area contributed by atoms with Gasteiger partial charge in [0.15, 0.2) is 11.5 Å². The second kappa shape index (κ2) is 12.2. The predicted octanol–water partition coefficient (Wildman–Crippen LogP) is 1.25. The van der Waals surface area contributed by atoms with E-state index < -0.39 is 22.0 Å². The summed E-state index contributed by atoms with van der Waals surface area (Å²) in [5.74, 6) is 0.793. The average Bonchev–Trinajstić information content (AvgIpc) is 3.29. The zero-order valence-electron chi connectivity index (χ0n) is 21.2. The molecule has 1 aliphatic rings. The Balaban J connectivity index is 1.88. The van der Waals surface area contributed by atoms with Gasteiger partial charge in [0.1, 0.15) is 11.9 Å². The second-order valence-corrected chi connectivity index (χ2v) is 11.0. The molecule has 2 amide bonds. The van der Waals surface area contributed by atoms with Crippen LogP contribution in [0.3, 0.4) is 0 Å². The summed E-state index contributed by atoms with van der Waals surface area (Å²) in [4.78, 5) is 30.0. The minimum atomic E-state index is -3.66. The number of nitrogens with zero attached hydrogens (tertiary/aromatic N) is 3. The molecule has 2 bridgehead atoms. The molecule has 36 heavy (non-hydrogen) atoms. The molecule has 0 saturated carbocycles. The van der Waals surface area contributed by atoms with Crippen molar-refractivity contribution >= 4 is 21.8 Å². The van der Waals surface area contributed by atoms with E-state index in [0.29, 0.717) is 37.4 Å². The van der Waals surface area contributed by atoms with Crippen LogP contribution in [0.25, 0.3) is 11.4 Å². The van der Waals surface area contributed by atoms with Gasteiger partial charge in [-0.3, -0.25) is 9.59 Å². The van der Waals surface area contributed by atoms with Crippen molar-refractivity contribution in [1.29, 1.82) is 0 Å². The number of imidazole rings is 1. The van der Waals surface area contributed by atoms with E-state index in [1.165, 1.54) is 0 Å². The summed E-state index contributed by atoms with van der Waals surface area (Å²) in [6.07, 6.45) is 5.64. The van der Waals surface area contributed by atoms with E-state index in [1.807, 2.05) is 36.7 Å². The zero-order chi connectivity index (χ0) is 26.3. The van der Waals surface area contributed by atoms with Gasteiger partial charge in [-0.1, -0.05) is 13.8 Å². The molecule has 3 rings (SSSR count). The lowest BCUT2D eigenvalue weighted by molar-refractivity contribution is -0.130. The molecular weight excluding hydrogens is 486 g/mol. The smallest absolute Gasteiger partial charge is 0.242 e. The summed E-state index contributed by atoms with van der Waals surface area (Å²) in [5.41, 5.74) is 0.838. The van der Waals surface area contributed by atoms with Crippen molar-refractivity contribution in [3.8, 4) is 22.9 Å². The summed E-state index contributed by atoms with van der Waals surface area (Å²) in [6, 6.07) is 4.75. The van der Waals surface area contributed by atoms with Gasteiger partial charge in [0.25, 0.3) is 0 Å². The fraction of sp³-hybridized carbons (Fsp3) is 0.542. The number of carbonyl (C=O) groups excluding carboxylic acids is 2. The third kappa shape index (κ3) is 7.20. The number of rotatable bonds is 3. The van der Waals surface area contributed by atoms with Crippen molar-refractivity contribution in [3.05, 3.63) is 30.6 Å². The first-order chi connectivity index (χ1) is 17.1. The van der Waals surface area contributed by atoms with Crippen LogP contribution in [-0.2, 0) is 26.2 Å². The van der Waals surface area contributed by atoms with Crippen molar-refractivity contribution in [2.24, 2.45) is 5.92 Å². The molecule has 0 aliphatic carbocycles. The molecule has 0 saturated heterocycles. The molecule has 0 spiro atoms. The molecule has 2 N–H and O–H groups in total. The summed E-state index contributed by atoms with van der Waals surface area (Å²) in [5, 5.41) is 5.57. The molecule has 1 atom stereocenters. The number of methoxy groups -OCH3 is 1. The van der Waals surface area contributed by atoms with Crippen LogP contribution in [-0.4, -0.2) is 79.7 Å². The van der Waals surface area contributed by atoms with Crippen LogP contribution in [0.4, 0.5) is 0 Å². The minimum Gasteiger partial charge on any atom is -0.493 e. The van der Waals surface area contributed by atoms with Crippen molar-refractivity contribution in [2.45, 2.75) is 39.3 Å². The van der Waals surface area contributed by atoms with E-state index >= 15 is 0 Å². The van der Waals surface area contributed by atoms with E-state index in [1.54, 1.807) is 19.4 Å². The van der Waals surface area contributed by atoms with Gasteiger partial charge in [-0.15, -0.1) is 0 Å². The summed E-state index contributed by atoms with van der Waals surface area (Å²) in [6.45, 7) is 4.59. The maximum Gasteiger partial charge on any atom is 0.242 e. The molecule has 0 radical (unpaired) electrons. The average molecular weight is 522 g/mol. The molecule has 12 heteroatoms. The Morgan fingerprint density at radius 2 is 1.97 bits per heavy atom. The van der Waals surface area contributed by atoms with Gasteiger partial charge < -0.3 is 24.7 Å². The maximum atomic E-state index is 12.8. The third-order valence-corrected chi connectivity index (χ3v) is 7.13. The number of aryl methyl sites for hydroxylation is 1. The lowest BCUT2D eigenvalue weighted by Crippen LogP contribution is -2.52. The van der Waals surface area contributed by atoms with Crippen LogP contribution in [0.15, 0.2) is 30.6 Å². The predicted molar refractivity (Wildman–Crippen MR) is 135 cm³/mol. The number of aromatic nitrogens is 2. The number of nitrogens with one attached hydrogen (secondary N) is 2. The van der Waals surface area contributed by atoms with E-state index in [9.17, 15) is 18.0 Å². The third-order valence-electron chi connectivity index (χ3n) is 5.88. The van der Waals surface area contributed by atoms with Crippen molar-refractivity contribution < 1.29 is 27.5 Å². The number of hydrogen-bond acceptors (Lipinski definition) is 7. The van der Waals surface area contributed by atoms with Crippen LogP contribution < -0.4 is 20.1 Å². The van der Waals surface area contributed by atoms with Crippen molar-refractivity contribution in [1.82, 2.24) is 24.5 Å².